The Morgan fingerprint density at radius 1 is 1.35 bits per heavy atom. The maximum atomic E-state index is 3.71. The van der Waals surface area contributed by atoms with Crippen molar-refractivity contribution in [2.75, 3.05) is 5.32 Å². The first-order chi connectivity index (χ1) is 8.09. The Bertz CT molecular complexity index is 368. The first-order valence-electron chi connectivity index (χ1n) is 6.94. The van der Waals surface area contributed by atoms with Gasteiger partial charge in [0.05, 0.1) is 0 Å². The highest BCUT2D eigenvalue weighted by Crippen LogP contribution is 2.36. The quantitative estimate of drug-likeness (QED) is 0.799. The van der Waals surface area contributed by atoms with Gasteiger partial charge in [0.25, 0.3) is 0 Å². The van der Waals surface area contributed by atoms with Gasteiger partial charge in [-0.05, 0) is 48.8 Å². The second kappa shape index (κ2) is 5.12. The van der Waals surface area contributed by atoms with Gasteiger partial charge in [-0.2, -0.15) is 0 Å². The van der Waals surface area contributed by atoms with Crippen molar-refractivity contribution >= 4 is 5.69 Å². The summed E-state index contributed by atoms with van der Waals surface area (Å²) < 4.78 is 0. The first kappa shape index (κ1) is 12.5. The van der Waals surface area contributed by atoms with Crippen LogP contribution in [0.15, 0.2) is 24.3 Å². The first-order valence-corrected chi connectivity index (χ1v) is 6.94. The smallest absolute Gasteiger partial charge is 0.0345 e. The van der Waals surface area contributed by atoms with E-state index in [2.05, 4.69) is 50.4 Å². The van der Waals surface area contributed by atoms with Crippen molar-refractivity contribution in [2.45, 2.75) is 58.9 Å². The van der Waals surface area contributed by atoms with Crippen molar-refractivity contribution in [3.05, 3.63) is 29.8 Å². The molecule has 0 amide bonds. The van der Waals surface area contributed by atoms with Crippen molar-refractivity contribution < 1.29 is 0 Å². The highest BCUT2D eigenvalue weighted by Gasteiger charge is 2.27. The molecule has 1 nitrogen and oxygen atoms in total. The lowest BCUT2D eigenvalue weighted by Crippen LogP contribution is -2.31. The lowest BCUT2D eigenvalue weighted by atomic mass is 9.75. The largest absolute Gasteiger partial charge is 0.382 e. The highest BCUT2D eigenvalue weighted by molar-refractivity contribution is 5.46. The van der Waals surface area contributed by atoms with Crippen molar-refractivity contribution in [2.24, 2.45) is 5.41 Å². The molecule has 2 rings (SSSR count). The monoisotopic (exact) mass is 231 g/mol. The van der Waals surface area contributed by atoms with Crippen molar-refractivity contribution in [3.63, 3.8) is 0 Å². The molecule has 94 valence electrons. The SMILES string of the molecule is CCc1cccc(NC2CCCC(C)(C)C2)c1. The van der Waals surface area contributed by atoms with Crippen LogP contribution in [0.1, 0.15) is 52.0 Å². The van der Waals surface area contributed by atoms with Gasteiger partial charge in [0, 0.05) is 11.7 Å². The molecule has 1 aliphatic carbocycles. The molecular formula is C16H25N. The van der Waals surface area contributed by atoms with Gasteiger partial charge in [-0.25, -0.2) is 0 Å². The minimum atomic E-state index is 0.512. The molecule has 1 aromatic carbocycles. The van der Waals surface area contributed by atoms with E-state index in [0.717, 1.165) is 6.42 Å². The van der Waals surface area contributed by atoms with Crippen LogP contribution in [0.25, 0.3) is 0 Å². The Morgan fingerprint density at radius 3 is 2.88 bits per heavy atom. The predicted octanol–water partition coefficient (Wildman–Crippen LogP) is 4.63. The van der Waals surface area contributed by atoms with Gasteiger partial charge < -0.3 is 5.32 Å². The zero-order chi connectivity index (χ0) is 12.3. The van der Waals surface area contributed by atoms with Crippen LogP contribution in [0.3, 0.4) is 0 Å². The Hall–Kier alpha value is -0.980. The lowest BCUT2D eigenvalue weighted by molar-refractivity contribution is 0.229. The molecule has 1 aromatic rings. The molecule has 0 saturated heterocycles. The third-order valence-corrected chi connectivity index (χ3v) is 3.91. The highest BCUT2D eigenvalue weighted by atomic mass is 14.9. The summed E-state index contributed by atoms with van der Waals surface area (Å²) >= 11 is 0. The van der Waals surface area contributed by atoms with Crippen LogP contribution in [-0.2, 0) is 6.42 Å². The molecule has 1 fully saturated rings. The van der Waals surface area contributed by atoms with Gasteiger partial charge >= 0.3 is 0 Å². The zero-order valence-corrected chi connectivity index (χ0v) is 11.4. The number of nitrogens with one attached hydrogen (secondary N) is 1. The van der Waals surface area contributed by atoms with Crippen LogP contribution in [0.4, 0.5) is 5.69 Å². The topological polar surface area (TPSA) is 12.0 Å². The van der Waals surface area contributed by atoms with E-state index in [1.165, 1.54) is 36.9 Å². The van der Waals surface area contributed by atoms with E-state index in [0.29, 0.717) is 11.5 Å². The molecule has 1 heteroatoms. The van der Waals surface area contributed by atoms with Gasteiger partial charge in [-0.15, -0.1) is 0 Å². The third-order valence-electron chi connectivity index (χ3n) is 3.91. The van der Waals surface area contributed by atoms with Gasteiger partial charge in [0.15, 0.2) is 0 Å². The second-order valence-corrected chi connectivity index (χ2v) is 6.16. The molecule has 0 spiro atoms. The molecule has 0 radical (unpaired) electrons. The molecule has 0 aromatic heterocycles. The fourth-order valence-electron chi connectivity index (χ4n) is 2.94. The van der Waals surface area contributed by atoms with E-state index in [9.17, 15) is 0 Å². The lowest BCUT2D eigenvalue weighted by Gasteiger charge is -2.36. The van der Waals surface area contributed by atoms with Gasteiger partial charge in [-0.1, -0.05) is 39.3 Å². The number of benzene rings is 1. The number of anilines is 1. The van der Waals surface area contributed by atoms with Crippen molar-refractivity contribution in [3.8, 4) is 0 Å². The maximum Gasteiger partial charge on any atom is 0.0345 e. The standard InChI is InChI=1S/C16H25N/c1-4-13-7-5-8-14(11-13)17-15-9-6-10-16(2,3)12-15/h5,7-8,11,15,17H,4,6,9-10,12H2,1-3H3. The summed E-state index contributed by atoms with van der Waals surface area (Å²) in [6.07, 6.45) is 6.47. The van der Waals surface area contributed by atoms with E-state index >= 15 is 0 Å². The van der Waals surface area contributed by atoms with Crippen LogP contribution in [0, 0.1) is 5.41 Å². The third kappa shape index (κ3) is 3.49. The molecule has 0 bridgehead atoms. The Kier molecular flexibility index (Phi) is 3.76. The average molecular weight is 231 g/mol. The summed E-state index contributed by atoms with van der Waals surface area (Å²) in [5.74, 6) is 0. The van der Waals surface area contributed by atoms with Crippen LogP contribution in [-0.4, -0.2) is 6.04 Å². The average Bonchev–Trinajstić information content (AvgIpc) is 2.28. The molecule has 1 N–H and O–H groups in total. The molecule has 0 aliphatic heterocycles. The van der Waals surface area contributed by atoms with Crippen LogP contribution in [0.5, 0.6) is 0 Å². The summed E-state index contributed by atoms with van der Waals surface area (Å²) in [6, 6.07) is 9.51. The second-order valence-electron chi connectivity index (χ2n) is 6.16. The minimum Gasteiger partial charge on any atom is -0.382 e. The van der Waals surface area contributed by atoms with Crippen molar-refractivity contribution in [1.82, 2.24) is 0 Å². The zero-order valence-electron chi connectivity index (χ0n) is 11.4. The molecule has 0 heterocycles. The summed E-state index contributed by atoms with van der Waals surface area (Å²) in [7, 11) is 0. The van der Waals surface area contributed by atoms with E-state index in [1.807, 2.05) is 0 Å². The van der Waals surface area contributed by atoms with Crippen LogP contribution < -0.4 is 5.32 Å². The van der Waals surface area contributed by atoms with Crippen LogP contribution >= 0.6 is 0 Å². The number of hydrogen-bond acceptors (Lipinski definition) is 1. The maximum absolute atomic E-state index is 3.71. The summed E-state index contributed by atoms with van der Waals surface area (Å²) in [6.45, 7) is 7.00. The molecule has 1 unspecified atom stereocenters. The van der Waals surface area contributed by atoms with Crippen LogP contribution in [0.2, 0.25) is 0 Å². The van der Waals surface area contributed by atoms with Gasteiger partial charge in [-0.3, -0.25) is 0 Å². The number of aryl methyl sites for hydroxylation is 1. The van der Waals surface area contributed by atoms with E-state index < -0.39 is 0 Å². The van der Waals surface area contributed by atoms with Crippen molar-refractivity contribution in [1.29, 1.82) is 0 Å². The molecular weight excluding hydrogens is 206 g/mol. The van der Waals surface area contributed by atoms with E-state index in [4.69, 9.17) is 0 Å². The molecule has 1 saturated carbocycles. The fraction of sp³-hybridized carbons (Fsp3) is 0.625. The molecule has 1 atom stereocenters. The number of hydrogen-bond donors (Lipinski definition) is 1. The fourth-order valence-corrected chi connectivity index (χ4v) is 2.94. The van der Waals surface area contributed by atoms with Gasteiger partial charge in [0.2, 0.25) is 0 Å². The Balaban J connectivity index is 2.00. The Labute approximate surface area is 106 Å². The summed E-state index contributed by atoms with van der Waals surface area (Å²) in [4.78, 5) is 0. The summed E-state index contributed by atoms with van der Waals surface area (Å²) in [5, 5.41) is 3.71. The molecule has 17 heavy (non-hydrogen) atoms. The summed E-state index contributed by atoms with van der Waals surface area (Å²) in [5.41, 5.74) is 3.23. The Morgan fingerprint density at radius 2 is 2.18 bits per heavy atom. The van der Waals surface area contributed by atoms with E-state index in [-0.39, 0.29) is 0 Å². The normalized spacial score (nSPS) is 23.4. The van der Waals surface area contributed by atoms with Gasteiger partial charge in [0.1, 0.15) is 0 Å². The predicted molar refractivity (Wildman–Crippen MR) is 75.5 cm³/mol. The van der Waals surface area contributed by atoms with E-state index in [1.54, 1.807) is 0 Å². The number of rotatable bonds is 3. The minimum absolute atomic E-state index is 0.512. The molecule has 1 aliphatic rings.